The minimum Gasteiger partial charge on any atom is -0.326 e. The second kappa shape index (κ2) is 3.12. The van der Waals surface area contributed by atoms with Crippen molar-refractivity contribution < 1.29 is 0 Å². The van der Waals surface area contributed by atoms with E-state index in [1.54, 1.807) is 0 Å². The lowest BCUT2D eigenvalue weighted by atomic mass is 10.1. The van der Waals surface area contributed by atoms with Gasteiger partial charge in [-0.25, -0.2) is 0 Å². The molecular weight excluding hydrogens is 164 g/mol. The Kier molecular flexibility index (Phi) is 2.09. The second-order valence-electron chi connectivity index (χ2n) is 3.83. The third-order valence-corrected chi connectivity index (χ3v) is 2.76. The van der Waals surface area contributed by atoms with Gasteiger partial charge in [0.05, 0.1) is 12.2 Å². The summed E-state index contributed by atoms with van der Waals surface area (Å²) in [6.45, 7) is 1.08. The predicted octanol–water partition coefficient (Wildman–Crippen LogP) is 0.124. The zero-order chi connectivity index (χ0) is 9.42. The van der Waals surface area contributed by atoms with Crippen molar-refractivity contribution in [2.45, 2.75) is 18.5 Å². The van der Waals surface area contributed by atoms with Crippen LogP contribution in [0.25, 0.3) is 0 Å². The lowest BCUT2D eigenvalue weighted by molar-refractivity contribution is 0.304. The van der Waals surface area contributed by atoms with E-state index in [4.69, 9.17) is 5.73 Å². The van der Waals surface area contributed by atoms with Crippen LogP contribution in [0.2, 0.25) is 0 Å². The van der Waals surface area contributed by atoms with Gasteiger partial charge in [0.1, 0.15) is 0 Å². The summed E-state index contributed by atoms with van der Waals surface area (Å²) in [5.74, 6) is 0. The molecule has 1 aromatic heterocycles. The number of hydrogen-bond acceptors (Lipinski definition) is 3. The first-order valence-electron chi connectivity index (χ1n) is 4.63. The van der Waals surface area contributed by atoms with E-state index in [0.717, 1.165) is 13.0 Å². The molecule has 1 aliphatic rings. The van der Waals surface area contributed by atoms with Crippen molar-refractivity contribution in [2.75, 3.05) is 13.6 Å². The Labute approximate surface area is 78.3 Å². The molecule has 0 amide bonds. The van der Waals surface area contributed by atoms with Crippen LogP contribution in [-0.2, 0) is 7.05 Å². The van der Waals surface area contributed by atoms with Gasteiger partial charge >= 0.3 is 0 Å². The second-order valence-corrected chi connectivity index (χ2v) is 3.83. The molecule has 72 valence electrons. The molecule has 0 aromatic carbocycles. The van der Waals surface area contributed by atoms with E-state index in [1.165, 1.54) is 5.56 Å². The number of rotatable bonds is 1. The number of likely N-dealkylation sites (N-methyl/N-ethyl adjacent to an activating group) is 1. The maximum atomic E-state index is 6.03. The molecule has 4 heteroatoms. The molecule has 0 aliphatic carbocycles. The lowest BCUT2D eigenvalue weighted by Crippen LogP contribution is -2.29. The smallest absolute Gasteiger partial charge is 0.0538 e. The first kappa shape index (κ1) is 8.72. The molecule has 0 saturated carbocycles. The van der Waals surface area contributed by atoms with Crippen LogP contribution < -0.4 is 5.73 Å². The lowest BCUT2D eigenvalue weighted by Gasteiger charge is -2.20. The van der Waals surface area contributed by atoms with Crippen molar-refractivity contribution in [3.05, 3.63) is 18.0 Å². The zero-order valence-electron chi connectivity index (χ0n) is 8.14. The molecule has 2 unspecified atom stereocenters. The van der Waals surface area contributed by atoms with Crippen molar-refractivity contribution in [1.29, 1.82) is 0 Å². The normalized spacial score (nSPS) is 29.8. The Balaban J connectivity index is 2.24. The van der Waals surface area contributed by atoms with Crippen LogP contribution in [0.5, 0.6) is 0 Å². The molecule has 2 heterocycles. The number of hydrogen-bond donors (Lipinski definition) is 1. The van der Waals surface area contributed by atoms with Crippen molar-refractivity contribution in [3.63, 3.8) is 0 Å². The first-order chi connectivity index (χ1) is 6.18. The molecular formula is C9H16N4. The van der Waals surface area contributed by atoms with E-state index in [1.807, 2.05) is 24.1 Å². The molecule has 2 atom stereocenters. The minimum atomic E-state index is 0.259. The summed E-state index contributed by atoms with van der Waals surface area (Å²) in [5, 5.41) is 4.16. The molecule has 2 rings (SSSR count). The SMILES string of the molecule is CN1CCC(N)C1c1cnn(C)c1. The molecule has 0 radical (unpaired) electrons. The maximum Gasteiger partial charge on any atom is 0.0538 e. The number of nitrogens with two attached hydrogens (primary N) is 1. The van der Waals surface area contributed by atoms with Crippen LogP contribution in [0.4, 0.5) is 0 Å². The molecule has 2 N–H and O–H groups in total. The van der Waals surface area contributed by atoms with Crippen LogP contribution in [0.1, 0.15) is 18.0 Å². The summed E-state index contributed by atoms with van der Waals surface area (Å²) >= 11 is 0. The number of aromatic nitrogens is 2. The summed E-state index contributed by atoms with van der Waals surface area (Å²) in [6, 6.07) is 0.614. The van der Waals surface area contributed by atoms with Gasteiger partial charge in [0.2, 0.25) is 0 Å². The highest BCUT2D eigenvalue weighted by Crippen LogP contribution is 2.28. The van der Waals surface area contributed by atoms with Crippen molar-refractivity contribution in [3.8, 4) is 0 Å². The highest BCUT2D eigenvalue weighted by atomic mass is 15.3. The fourth-order valence-electron chi connectivity index (χ4n) is 2.07. The fraction of sp³-hybridized carbons (Fsp3) is 0.667. The minimum absolute atomic E-state index is 0.259. The standard InChI is InChI=1S/C9H16N4/c1-12-4-3-8(10)9(12)7-5-11-13(2)6-7/h5-6,8-9H,3-4,10H2,1-2H3. The molecule has 1 aliphatic heterocycles. The Morgan fingerprint density at radius 3 is 2.77 bits per heavy atom. The van der Waals surface area contributed by atoms with E-state index in [9.17, 15) is 0 Å². The van der Waals surface area contributed by atoms with Crippen LogP contribution in [0.15, 0.2) is 12.4 Å². The third-order valence-electron chi connectivity index (χ3n) is 2.76. The quantitative estimate of drug-likeness (QED) is 0.668. The van der Waals surface area contributed by atoms with Gasteiger partial charge < -0.3 is 5.73 Å². The van der Waals surface area contributed by atoms with Gasteiger partial charge in [-0.1, -0.05) is 0 Å². The van der Waals surface area contributed by atoms with Crippen molar-refractivity contribution in [2.24, 2.45) is 12.8 Å². The van der Waals surface area contributed by atoms with Gasteiger partial charge in [-0.3, -0.25) is 9.58 Å². The summed E-state index contributed by atoms with van der Waals surface area (Å²) < 4.78 is 1.83. The van der Waals surface area contributed by atoms with Crippen LogP contribution in [0, 0.1) is 0 Å². The number of likely N-dealkylation sites (tertiary alicyclic amines) is 1. The van der Waals surface area contributed by atoms with Gasteiger partial charge in [0, 0.05) is 31.4 Å². The van der Waals surface area contributed by atoms with Crippen molar-refractivity contribution in [1.82, 2.24) is 14.7 Å². The summed E-state index contributed by atoms with van der Waals surface area (Å²) in [4.78, 5) is 2.29. The molecule has 13 heavy (non-hydrogen) atoms. The number of aryl methyl sites for hydroxylation is 1. The average molecular weight is 180 g/mol. The molecule has 4 nitrogen and oxygen atoms in total. The van der Waals surface area contributed by atoms with E-state index in [-0.39, 0.29) is 6.04 Å². The summed E-state index contributed by atoms with van der Waals surface area (Å²) in [6.07, 6.45) is 5.04. The number of nitrogens with zero attached hydrogens (tertiary/aromatic N) is 3. The maximum absolute atomic E-state index is 6.03. The van der Waals surface area contributed by atoms with E-state index in [0.29, 0.717) is 6.04 Å². The molecule has 1 saturated heterocycles. The van der Waals surface area contributed by atoms with Gasteiger partial charge in [-0.2, -0.15) is 5.10 Å². The Morgan fingerprint density at radius 2 is 2.31 bits per heavy atom. The third kappa shape index (κ3) is 1.47. The molecule has 1 aromatic rings. The van der Waals surface area contributed by atoms with Crippen LogP contribution in [0.3, 0.4) is 0 Å². The van der Waals surface area contributed by atoms with Gasteiger partial charge in [0.25, 0.3) is 0 Å². The van der Waals surface area contributed by atoms with Gasteiger partial charge in [-0.05, 0) is 13.5 Å². The molecule has 1 fully saturated rings. The first-order valence-corrected chi connectivity index (χ1v) is 4.63. The molecule has 0 spiro atoms. The zero-order valence-corrected chi connectivity index (χ0v) is 8.14. The van der Waals surface area contributed by atoms with E-state index in [2.05, 4.69) is 17.0 Å². The van der Waals surface area contributed by atoms with E-state index < -0.39 is 0 Å². The monoisotopic (exact) mass is 180 g/mol. The van der Waals surface area contributed by atoms with E-state index >= 15 is 0 Å². The van der Waals surface area contributed by atoms with Crippen LogP contribution in [-0.4, -0.2) is 34.3 Å². The topological polar surface area (TPSA) is 47.1 Å². The highest BCUT2D eigenvalue weighted by Gasteiger charge is 2.30. The summed E-state index contributed by atoms with van der Waals surface area (Å²) in [5.41, 5.74) is 7.26. The average Bonchev–Trinajstić information content (AvgIpc) is 2.60. The van der Waals surface area contributed by atoms with Gasteiger partial charge in [-0.15, -0.1) is 0 Å². The Morgan fingerprint density at radius 1 is 1.54 bits per heavy atom. The van der Waals surface area contributed by atoms with Crippen molar-refractivity contribution >= 4 is 0 Å². The van der Waals surface area contributed by atoms with Crippen LogP contribution >= 0.6 is 0 Å². The Bertz CT molecular complexity index is 284. The fourth-order valence-corrected chi connectivity index (χ4v) is 2.07. The largest absolute Gasteiger partial charge is 0.326 e. The predicted molar refractivity (Wildman–Crippen MR) is 51.2 cm³/mol. The summed E-state index contributed by atoms with van der Waals surface area (Å²) in [7, 11) is 4.05. The highest BCUT2D eigenvalue weighted by molar-refractivity contribution is 5.15. The van der Waals surface area contributed by atoms with Gasteiger partial charge in [0.15, 0.2) is 0 Å². The Hall–Kier alpha value is -0.870. The molecule has 0 bridgehead atoms.